The predicted octanol–water partition coefficient (Wildman–Crippen LogP) is 3.02. The third-order valence-corrected chi connectivity index (χ3v) is 3.85. The van der Waals surface area contributed by atoms with E-state index in [1.54, 1.807) is 0 Å². The van der Waals surface area contributed by atoms with Gasteiger partial charge in [-0.1, -0.05) is 27.2 Å². The first kappa shape index (κ1) is 18.9. The maximum Gasteiger partial charge on any atom is 0.0481 e. The summed E-state index contributed by atoms with van der Waals surface area (Å²) < 4.78 is 0. The van der Waals surface area contributed by atoms with Crippen LogP contribution < -0.4 is 5.32 Å². The van der Waals surface area contributed by atoms with Crippen molar-refractivity contribution in [2.75, 3.05) is 40.9 Å². The Kier molecular flexibility index (Phi) is 8.18. The normalized spacial score (nSPS) is 13.6. The second-order valence-corrected chi connectivity index (χ2v) is 7.65. The second-order valence-electron chi connectivity index (χ2n) is 7.65. The van der Waals surface area contributed by atoms with E-state index in [1.807, 2.05) is 0 Å². The molecule has 19 heavy (non-hydrogen) atoms. The molecule has 0 aliphatic rings. The van der Waals surface area contributed by atoms with Crippen LogP contribution in [0.2, 0.25) is 0 Å². The summed E-state index contributed by atoms with van der Waals surface area (Å²) in [5.41, 5.74) is 0.620. The second kappa shape index (κ2) is 8.23. The monoisotopic (exact) mass is 271 g/mol. The minimum atomic E-state index is 0.204. The van der Waals surface area contributed by atoms with E-state index in [9.17, 15) is 0 Å². The summed E-state index contributed by atoms with van der Waals surface area (Å²) in [4.78, 5) is 4.62. The summed E-state index contributed by atoms with van der Waals surface area (Å²) in [6.07, 6.45) is 3.67. The SMILES string of the molecule is CCC(C)(C)CC(C)(C)NCN(C)CCCN(C)C. The quantitative estimate of drug-likeness (QED) is 0.616. The molecule has 0 atom stereocenters. The minimum Gasteiger partial charge on any atom is -0.309 e. The first-order valence-electron chi connectivity index (χ1n) is 7.66. The van der Waals surface area contributed by atoms with E-state index >= 15 is 0 Å². The minimum absolute atomic E-state index is 0.204. The maximum atomic E-state index is 3.70. The molecule has 0 aliphatic heterocycles. The van der Waals surface area contributed by atoms with Crippen LogP contribution in [-0.4, -0.2) is 56.2 Å². The van der Waals surface area contributed by atoms with Crippen LogP contribution in [0.5, 0.6) is 0 Å². The van der Waals surface area contributed by atoms with Crippen LogP contribution in [-0.2, 0) is 0 Å². The lowest BCUT2D eigenvalue weighted by atomic mass is 9.78. The molecule has 3 nitrogen and oxygen atoms in total. The van der Waals surface area contributed by atoms with Crippen LogP contribution in [0.15, 0.2) is 0 Å². The summed E-state index contributed by atoms with van der Waals surface area (Å²) in [5, 5.41) is 3.70. The van der Waals surface area contributed by atoms with Crippen molar-refractivity contribution in [1.29, 1.82) is 0 Å². The largest absolute Gasteiger partial charge is 0.309 e. The number of hydrogen-bond donors (Lipinski definition) is 1. The Morgan fingerprint density at radius 1 is 0.947 bits per heavy atom. The molecule has 0 aromatic rings. The van der Waals surface area contributed by atoms with Gasteiger partial charge < -0.3 is 4.90 Å². The number of hydrogen-bond acceptors (Lipinski definition) is 3. The van der Waals surface area contributed by atoms with Crippen LogP contribution in [0, 0.1) is 5.41 Å². The van der Waals surface area contributed by atoms with Gasteiger partial charge in [0, 0.05) is 18.8 Å². The van der Waals surface area contributed by atoms with Crippen LogP contribution in [0.3, 0.4) is 0 Å². The molecule has 0 aromatic heterocycles. The van der Waals surface area contributed by atoms with Gasteiger partial charge in [-0.25, -0.2) is 0 Å². The molecule has 0 unspecified atom stereocenters. The Labute approximate surface area is 121 Å². The highest BCUT2D eigenvalue weighted by molar-refractivity contribution is 4.84. The Bertz CT molecular complexity index is 234. The molecule has 0 bridgehead atoms. The van der Waals surface area contributed by atoms with Crippen LogP contribution in [0.1, 0.15) is 53.9 Å². The molecular formula is C16H37N3. The van der Waals surface area contributed by atoms with Crippen molar-refractivity contribution in [3.63, 3.8) is 0 Å². The topological polar surface area (TPSA) is 18.5 Å². The molecule has 0 saturated heterocycles. The summed E-state index contributed by atoms with van der Waals surface area (Å²) in [6, 6.07) is 0. The van der Waals surface area contributed by atoms with Gasteiger partial charge in [-0.15, -0.1) is 0 Å². The fourth-order valence-corrected chi connectivity index (χ4v) is 2.47. The van der Waals surface area contributed by atoms with Crippen molar-refractivity contribution in [3.8, 4) is 0 Å². The van der Waals surface area contributed by atoms with Crippen LogP contribution >= 0.6 is 0 Å². The average molecular weight is 271 g/mol. The number of nitrogens with zero attached hydrogens (tertiary/aromatic N) is 2. The number of nitrogens with one attached hydrogen (secondary N) is 1. The number of rotatable bonds is 10. The highest BCUT2D eigenvalue weighted by Gasteiger charge is 2.27. The molecule has 0 radical (unpaired) electrons. The molecule has 0 aliphatic carbocycles. The van der Waals surface area contributed by atoms with Gasteiger partial charge >= 0.3 is 0 Å². The molecule has 0 saturated carbocycles. The predicted molar refractivity (Wildman–Crippen MR) is 86.6 cm³/mol. The fourth-order valence-electron chi connectivity index (χ4n) is 2.47. The van der Waals surface area contributed by atoms with Gasteiger partial charge in [0.1, 0.15) is 0 Å². The molecular weight excluding hydrogens is 234 g/mol. The maximum absolute atomic E-state index is 3.70. The van der Waals surface area contributed by atoms with E-state index in [0.29, 0.717) is 5.41 Å². The van der Waals surface area contributed by atoms with E-state index in [0.717, 1.165) is 19.8 Å². The molecule has 0 spiro atoms. The van der Waals surface area contributed by atoms with Gasteiger partial charge in [0.2, 0.25) is 0 Å². The third kappa shape index (κ3) is 10.3. The van der Waals surface area contributed by atoms with Gasteiger partial charge in [-0.3, -0.25) is 10.2 Å². The van der Waals surface area contributed by atoms with E-state index in [1.165, 1.54) is 19.3 Å². The third-order valence-electron chi connectivity index (χ3n) is 3.85. The Morgan fingerprint density at radius 3 is 2.00 bits per heavy atom. The zero-order valence-electron chi connectivity index (χ0n) is 14.6. The lowest BCUT2D eigenvalue weighted by Crippen LogP contribution is -2.47. The molecule has 0 rings (SSSR count). The molecule has 0 fully saturated rings. The highest BCUT2D eigenvalue weighted by atomic mass is 15.2. The zero-order chi connectivity index (χ0) is 15.1. The van der Waals surface area contributed by atoms with Crippen LogP contribution in [0.4, 0.5) is 0 Å². The van der Waals surface area contributed by atoms with Gasteiger partial charge in [0.15, 0.2) is 0 Å². The summed E-state index contributed by atoms with van der Waals surface area (Å²) in [7, 11) is 6.46. The highest BCUT2D eigenvalue weighted by Crippen LogP contribution is 2.30. The Hall–Kier alpha value is -0.120. The van der Waals surface area contributed by atoms with Crippen molar-refractivity contribution in [2.45, 2.75) is 59.4 Å². The zero-order valence-corrected chi connectivity index (χ0v) is 14.6. The van der Waals surface area contributed by atoms with Gasteiger partial charge in [-0.05, 0) is 59.8 Å². The van der Waals surface area contributed by atoms with Crippen molar-refractivity contribution in [3.05, 3.63) is 0 Å². The summed E-state index contributed by atoms with van der Waals surface area (Å²) in [5.74, 6) is 0. The van der Waals surface area contributed by atoms with Crippen molar-refractivity contribution in [2.24, 2.45) is 5.41 Å². The van der Waals surface area contributed by atoms with Crippen molar-refractivity contribution in [1.82, 2.24) is 15.1 Å². The Balaban J connectivity index is 3.96. The Morgan fingerprint density at radius 2 is 1.53 bits per heavy atom. The lowest BCUT2D eigenvalue weighted by molar-refractivity contribution is 0.181. The smallest absolute Gasteiger partial charge is 0.0481 e. The molecule has 0 heterocycles. The summed E-state index contributed by atoms with van der Waals surface area (Å²) in [6.45, 7) is 14.9. The molecule has 3 heteroatoms. The van der Waals surface area contributed by atoms with E-state index in [-0.39, 0.29) is 5.54 Å². The van der Waals surface area contributed by atoms with E-state index < -0.39 is 0 Å². The average Bonchev–Trinajstić information content (AvgIpc) is 2.25. The van der Waals surface area contributed by atoms with Crippen molar-refractivity contribution >= 4 is 0 Å². The molecule has 116 valence electrons. The van der Waals surface area contributed by atoms with E-state index in [4.69, 9.17) is 0 Å². The fraction of sp³-hybridized carbons (Fsp3) is 1.00. The first-order valence-corrected chi connectivity index (χ1v) is 7.66. The van der Waals surface area contributed by atoms with Crippen LogP contribution in [0.25, 0.3) is 0 Å². The molecule has 0 amide bonds. The van der Waals surface area contributed by atoms with Gasteiger partial charge in [-0.2, -0.15) is 0 Å². The van der Waals surface area contributed by atoms with Gasteiger partial charge in [0.05, 0.1) is 0 Å². The van der Waals surface area contributed by atoms with Crippen molar-refractivity contribution < 1.29 is 0 Å². The molecule has 0 aromatic carbocycles. The lowest BCUT2D eigenvalue weighted by Gasteiger charge is -2.36. The molecule has 1 N–H and O–H groups in total. The summed E-state index contributed by atoms with van der Waals surface area (Å²) >= 11 is 0. The first-order chi connectivity index (χ1) is 8.58. The standard InChI is InChI=1S/C16H37N3/c1-9-15(2,3)13-16(4,5)17-14-19(8)12-10-11-18(6)7/h17H,9-14H2,1-8H3. The van der Waals surface area contributed by atoms with E-state index in [2.05, 4.69) is 70.9 Å². The van der Waals surface area contributed by atoms with Gasteiger partial charge in [0.25, 0.3) is 0 Å².